The van der Waals surface area contributed by atoms with Crippen LogP contribution in [0.25, 0.3) is 0 Å². The van der Waals surface area contributed by atoms with Crippen LogP contribution < -0.4 is 0 Å². The molecule has 0 bridgehead atoms. The van der Waals surface area contributed by atoms with Crippen LogP contribution in [-0.4, -0.2) is 12.0 Å². The molecule has 62 valence electrons. The summed E-state index contributed by atoms with van der Waals surface area (Å²) in [5.41, 5.74) is 1.68. The normalized spacial score (nSPS) is 15.0. The van der Waals surface area contributed by atoms with Crippen molar-refractivity contribution >= 4 is 17.7 Å². The van der Waals surface area contributed by atoms with Crippen LogP contribution in [0.1, 0.15) is 28.3 Å². The number of aryl methyl sites for hydroxylation is 1. The minimum absolute atomic E-state index is 0.0243. The Balaban J connectivity index is 2.69. The van der Waals surface area contributed by atoms with Gasteiger partial charge in [-0.25, -0.2) is 0 Å². The number of furan rings is 1. The zero-order valence-electron chi connectivity index (χ0n) is 7.05. The highest BCUT2D eigenvalue weighted by molar-refractivity contribution is 6.08. The fourth-order valence-corrected chi connectivity index (χ4v) is 1.27. The van der Waals surface area contributed by atoms with Gasteiger partial charge < -0.3 is 4.42 Å². The van der Waals surface area contributed by atoms with Gasteiger partial charge in [0.05, 0.1) is 0 Å². The Morgan fingerprint density at radius 3 is 2.92 bits per heavy atom. The van der Waals surface area contributed by atoms with Crippen LogP contribution >= 0.6 is 0 Å². The molecule has 0 spiro atoms. The highest BCUT2D eigenvalue weighted by atomic mass is 16.3. The first kappa shape index (κ1) is 7.28. The summed E-state index contributed by atoms with van der Waals surface area (Å²) in [6, 6.07) is 0. The van der Waals surface area contributed by atoms with E-state index in [9.17, 15) is 4.79 Å². The lowest BCUT2D eigenvalue weighted by Crippen LogP contribution is -2.02. The van der Waals surface area contributed by atoms with Crippen molar-refractivity contribution in [3.05, 3.63) is 17.1 Å². The summed E-state index contributed by atoms with van der Waals surface area (Å²) >= 11 is 0. The fourth-order valence-electron chi connectivity index (χ4n) is 1.27. The molecule has 3 nitrogen and oxygen atoms in total. The predicted octanol–water partition coefficient (Wildman–Crippen LogP) is 2.19. The molecule has 0 saturated carbocycles. The predicted molar refractivity (Wildman–Crippen MR) is 45.3 cm³/mol. The monoisotopic (exact) mass is 163 g/mol. The van der Waals surface area contributed by atoms with Gasteiger partial charge in [0.25, 0.3) is 0 Å². The van der Waals surface area contributed by atoms with Crippen molar-refractivity contribution in [1.29, 1.82) is 0 Å². The lowest BCUT2D eigenvalue weighted by Gasteiger charge is -2.00. The molecule has 0 fully saturated rings. The van der Waals surface area contributed by atoms with E-state index in [2.05, 4.69) is 4.99 Å². The minimum atomic E-state index is 0.0243. The average Bonchev–Trinajstić information content (AvgIpc) is 2.32. The standard InChI is InChI=1S/C9H9NO2/c1-5-6(2)12-9-7(11)3-4-10-8(5)9/h4H,3H2,1-2H3. The van der Waals surface area contributed by atoms with E-state index in [0.29, 0.717) is 17.9 Å². The molecule has 2 heterocycles. The van der Waals surface area contributed by atoms with Crippen molar-refractivity contribution in [1.82, 2.24) is 0 Å². The number of fused-ring (bicyclic) bond motifs is 1. The molecule has 0 saturated heterocycles. The summed E-state index contributed by atoms with van der Waals surface area (Å²) in [6.07, 6.45) is 1.99. The van der Waals surface area contributed by atoms with Crippen LogP contribution in [0.2, 0.25) is 0 Å². The SMILES string of the molecule is Cc1oc2c(c1C)N=CCC2=O. The van der Waals surface area contributed by atoms with Gasteiger partial charge in [-0.05, 0) is 13.8 Å². The Morgan fingerprint density at radius 1 is 1.50 bits per heavy atom. The molecule has 0 N–H and O–H groups in total. The number of nitrogens with zero attached hydrogens (tertiary/aromatic N) is 1. The molecule has 2 rings (SSSR count). The van der Waals surface area contributed by atoms with Gasteiger partial charge >= 0.3 is 0 Å². The Bertz CT molecular complexity index is 374. The Labute approximate surface area is 70.1 Å². The third-order valence-electron chi connectivity index (χ3n) is 2.10. The van der Waals surface area contributed by atoms with E-state index >= 15 is 0 Å². The largest absolute Gasteiger partial charge is 0.456 e. The molecule has 0 aliphatic carbocycles. The number of aliphatic imine (C=N–C) groups is 1. The van der Waals surface area contributed by atoms with Crippen molar-refractivity contribution in [3.8, 4) is 0 Å². The fraction of sp³-hybridized carbons (Fsp3) is 0.333. The number of carbonyl (C=O) groups excluding carboxylic acids is 1. The number of hydrogen-bond donors (Lipinski definition) is 0. The Kier molecular flexibility index (Phi) is 1.40. The van der Waals surface area contributed by atoms with Gasteiger partial charge in [-0.3, -0.25) is 9.79 Å². The van der Waals surface area contributed by atoms with Gasteiger partial charge in [-0.15, -0.1) is 0 Å². The number of rotatable bonds is 0. The van der Waals surface area contributed by atoms with Crippen molar-refractivity contribution in [2.24, 2.45) is 4.99 Å². The summed E-state index contributed by atoms with van der Waals surface area (Å²) in [6.45, 7) is 3.75. The highest BCUT2D eigenvalue weighted by Crippen LogP contribution is 2.32. The van der Waals surface area contributed by atoms with Gasteiger partial charge in [-0.1, -0.05) is 0 Å². The van der Waals surface area contributed by atoms with Gasteiger partial charge in [0.2, 0.25) is 5.78 Å². The second-order valence-corrected chi connectivity index (χ2v) is 2.90. The molecule has 0 atom stereocenters. The number of ketones is 1. The van der Waals surface area contributed by atoms with Crippen LogP contribution in [0.15, 0.2) is 9.41 Å². The van der Waals surface area contributed by atoms with E-state index in [1.54, 1.807) is 6.21 Å². The first-order valence-electron chi connectivity index (χ1n) is 3.86. The van der Waals surface area contributed by atoms with Crippen molar-refractivity contribution < 1.29 is 9.21 Å². The maximum atomic E-state index is 11.3. The topological polar surface area (TPSA) is 42.6 Å². The van der Waals surface area contributed by atoms with E-state index in [4.69, 9.17) is 4.42 Å². The molecule has 1 aliphatic heterocycles. The molecule has 1 aliphatic rings. The van der Waals surface area contributed by atoms with Crippen molar-refractivity contribution in [2.75, 3.05) is 0 Å². The van der Waals surface area contributed by atoms with Crippen LogP contribution in [0, 0.1) is 13.8 Å². The van der Waals surface area contributed by atoms with Gasteiger partial charge in [-0.2, -0.15) is 0 Å². The van der Waals surface area contributed by atoms with E-state index in [1.807, 2.05) is 13.8 Å². The van der Waals surface area contributed by atoms with Crippen LogP contribution in [-0.2, 0) is 0 Å². The van der Waals surface area contributed by atoms with Crippen molar-refractivity contribution in [3.63, 3.8) is 0 Å². The summed E-state index contributed by atoms with van der Waals surface area (Å²) in [5.74, 6) is 1.23. The zero-order chi connectivity index (χ0) is 8.72. The number of carbonyl (C=O) groups is 1. The maximum Gasteiger partial charge on any atom is 0.205 e. The lowest BCUT2D eigenvalue weighted by molar-refractivity contribution is 0.0973. The average molecular weight is 163 g/mol. The second-order valence-electron chi connectivity index (χ2n) is 2.90. The quantitative estimate of drug-likeness (QED) is 0.588. The molecular weight excluding hydrogens is 154 g/mol. The molecule has 0 amide bonds. The first-order valence-corrected chi connectivity index (χ1v) is 3.86. The third kappa shape index (κ3) is 0.826. The van der Waals surface area contributed by atoms with Crippen LogP contribution in [0.5, 0.6) is 0 Å². The van der Waals surface area contributed by atoms with E-state index in [1.165, 1.54) is 0 Å². The summed E-state index contributed by atoms with van der Waals surface area (Å²) in [7, 11) is 0. The number of Topliss-reactive ketones (excluding diaryl/α,β-unsaturated/α-hetero) is 1. The van der Waals surface area contributed by atoms with Gasteiger partial charge in [0, 0.05) is 18.2 Å². The zero-order valence-corrected chi connectivity index (χ0v) is 7.05. The summed E-state index contributed by atoms with van der Waals surface area (Å²) in [4.78, 5) is 15.4. The molecule has 3 heteroatoms. The van der Waals surface area contributed by atoms with E-state index in [-0.39, 0.29) is 5.78 Å². The summed E-state index contributed by atoms with van der Waals surface area (Å²) in [5, 5.41) is 0. The van der Waals surface area contributed by atoms with Crippen LogP contribution in [0.3, 0.4) is 0 Å². The Hall–Kier alpha value is -1.38. The third-order valence-corrected chi connectivity index (χ3v) is 2.10. The van der Waals surface area contributed by atoms with Gasteiger partial charge in [0.15, 0.2) is 5.76 Å². The molecule has 0 unspecified atom stereocenters. The molecule has 12 heavy (non-hydrogen) atoms. The van der Waals surface area contributed by atoms with Crippen molar-refractivity contribution in [2.45, 2.75) is 20.3 Å². The lowest BCUT2D eigenvalue weighted by atomic mass is 10.1. The summed E-state index contributed by atoms with van der Waals surface area (Å²) < 4.78 is 5.29. The minimum Gasteiger partial charge on any atom is -0.456 e. The molecular formula is C9H9NO2. The maximum absolute atomic E-state index is 11.3. The highest BCUT2D eigenvalue weighted by Gasteiger charge is 2.22. The van der Waals surface area contributed by atoms with E-state index < -0.39 is 0 Å². The molecule has 0 aromatic carbocycles. The van der Waals surface area contributed by atoms with Gasteiger partial charge in [0.1, 0.15) is 11.4 Å². The second kappa shape index (κ2) is 2.30. The van der Waals surface area contributed by atoms with E-state index in [0.717, 1.165) is 11.3 Å². The molecule has 1 aromatic heterocycles. The van der Waals surface area contributed by atoms with Crippen LogP contribution in [0.4, 0.5) is 5.69 Å². The molecule has 0 radical (unpaired) electrons. The first-order chi connectivity index (χ1) is 5.70. The number of hydrogen-bond acceptors (Lipinski definition) is 3. The smallest absolute Gasteiger partial charge is 0.205 e. The Morgan fingerprint density at radius 2 is 2.25 bits per heavy atom. The molecule has 1 aromatic rings.